The highest BCUT2D eigenvalue weighted by molar-refractivity contribution is 7.99. The summed E-state index contributed by atoms with van der Waals surface area (Å²) in [4.78, 5) is 11.7. The number of esters is 1. The lowest BCUT2D eigenvalue weighted by Gasteiger charge is -2.13. The third kappa shape index (κ3) is 3.67. The quantitative estimate of drug-likeness (QED) is 0.849. The number of rotatable bonds is 4. The van der Waals surface area contributed by atoms with Crippen molar-refractivity contribution in [3.8, 4) is 0 Å². The van der Waals surface area contributed by atoms with Gasteiger partial charge >= 0.3 is 5.97 Å². The van der Waals surface area contributed by atoms with Gasteiger partial charge in [-0.05, 0) is 50.3 Å². The summed E-state index contributed by atoms with van der Waals surface area (Å²) in [6, 6.07) is 8.08. The Morgan fingerprint density at radius 1 is 1.39 bits per heavy atom. The summed E-state index contributed by atoms with van der Waals surface area (Å²) in [7, 11) is 0. The van der Waals surface area contributed by atoms with Gasteiger partial charge in [-0.15, -0.1) is 0 Å². The minimum absolute atomic E-state index is 0.0779. The van der Waals surface area contributed by atoms with Crippen LogP contribution in [0.25, 0.3) is 0 Å². The number of carbonyl (C=O) groups excluding carboxylic acids is 1. The third-order valence-electron chi connectivity index (χ3n) is 2.76. The van der Waals surface area contributed by atoms with Gasteiger partial charge in [-0.2, -0.15) is 11.8 Å². The van der Waals surface area contributed by atoms with Gasteiger partial charge in [0.25, 0.3) is 0 Å². The van der Waals surface area contributed by atoms with Gasteiger partial charge in [0.2, 0.25) is 0 Å². The molecule has 1 unspecified atom stereocenters. The van der Waals surface area contributed by atoms with E-state index in [0.29, 0.717) is 11.6 Å². The second kappa shape index (κ2) is 6.14. The molecule has 0 saturated carbocycles. The van der Waals surface area contributed by atoms with Crippen LogP contribution < -0.4 is 5.32 Å². The number of hydrogen-bond acceptors (Lipinski definition) is 4. The van der Waals surface area contributed by atoms with E-state index in [4.69, 9.17) is 4.74 Å². The smallest absolute Gasteiger partial charge is 0.338 e. The topological polar surface area (TPSA) is 38.3 Å². The van der Waals surface area contributed by atoms with Crippen LogP contribution in [0.4, 0.5) is 5.69 Å². The summed E-state index contributed by atoms with van der Waals surface area (Å²) >= 11 is 1.98. The van der Waals surface area contributed by atoms with Crippen molar-refractivity contribution in [2.45, 2.75) is 32.4 Å². The molecule has 1 N–H and O–H groups in total. The first kappa shape index (κ1) is 13.3. The van der Waals surface area contributed by atoms with Crippen molar-refractivity contribution in [2.75, 3.05) is 16.8 Å². The van der Waals surface area contributed by atoms with E-state index in [1.54, 1.807) is 0 Å². The minimum Gasteiger partial charge on any atom is -0.459 e. The van der Waals surface area contributed by atoms with Gasteiger partial charge in [0, 0.05) is 17.5 Å². The van der Waals surface area contributed by atoms with Gasteiger partial charge in [0.15, 0.2) is 0 Å². The standard InChI is InChI=1S/C14H19NO2S/c1-10(2)17-14(16)11-3-5-12(6-4-11)15-13-7-8-18-9-13/h3-6,10,13,15H,7-9H2,1-2H3. The van der Waals surface area contributed by atoms with Gasteiger partial charge in [0.1, 0.15) is 0 Å². The highest BCUT2D eigenvalue weighted by Gasteiger charge is 2.15. The van der Waals surface area contributed by atoms with Crippen molar-refractivity contribution in [1.82, 2.24) is 0 Å². The number of anilines is 1. The van der Waals surface area contributed by atoms with Crippen LogP contribution >= 0.6 is 11.8 Å². The van der Waals surface area contributed by atoms with Crippen molar-refractivity contribution in [3.05, 3.63) is 29.8 Å². The first-order valence-electron chi connectivity index (χ1n) is 6.30. The molecule has 1 aromatic rings. The van der Waals surface area contributed by atoms with E-state index in [2.05, 4.69) is 5.32 Å². The Hall–Kier alpha value is -1.16. The Labute approximate surface area is 112 Å². The Morgan fingerprint density at radius 3 is 2.67 bits per heavy atom. The number of carbonyl (C=O) groups is 1. The molecule has 0 bridgehead atoms. The number of ether oxygens (including phenoxy) is 1. The summed E-state index contributed by atoms with van der Waals surface area (Å²) < 4.78 is 5.15. The fourth-order valence-electron chi connectivity index (χ4n) is 1.87. The van der Waals surface area contributed by atoms with Gasteiger partial charge in [-0.1, -0.05) is 0 Å². The molecule has 1 heterocycles. The van der Waals surface area contributed by atoms with Gasteiger partial charge < -0.3 is 10.1 Å². The van der Waals surface area contributed by atoms with E-state index >= 15 is 0 Å². The predicted octanol–water partition coefficient (Wildman–Crippen LogP) is 3.17. The average Bonchev–Trinajstić information content (AvgIpc) is 2.82. The van der Waals surface area contributed by atoms with E-state index < -0.39 is 0 Å². The first-order valence-corrected chi connectivity index (χ1v) is 7.46. The van der Waals surface area contributed by atoms with Gasteiger partial charge in [-0.3, -0.25) is 0 Å². The summed E-state index contributed by atoms with van der Waals surface area (Å²) in [6.45, 7) is 3.71. The Balaban J connectivity index is 1.94. The number of benzene rings is 1. The third-order valence-corrected chi connectivity index (χ3v) is 3.93. The molecule has 1 aliphatic heterocycles. The van der Waals surface area contributed by atoms with Crippen molar-refractivity contribution in [2.24, 2.45) is 0 Å². The molecule has 0 aliphatic carbocycles. The molecule has 1 aliphatic rings. The van der Waals surface area contributed by atoms with Crippen LogP contribution in [0.3, 0.4) is 0 Å². The second-order valence-electron chi connectivity index (χ2n) is 4.74. The Bertz CT molecular complexity index is 397. The summed E-state index contributed by atoms with van der Waals surface area (Å²) in [5.41, 5.74) is 1.68. The molecule has 1 saturated heterocycles. The molecule has 0 spiro atoms. The van der Waals surface area contributed by atoms with E-state index in [-0.39, 0.29) is 12.1 Å². The lowest BCUT2D eigenvalue weighted by atomic mass is 10.2. The van der Waals surface area contributed by atoms with Crippen molar-refractivity contribution >= 4 is 23.4 Å². The van der Waals surface area contributed by atoms with Crippen LogP contribution in [-0.2, 0) is 4.74 Å². The van der Waals surface area contributed by atoms with Crippen LogP contribution in [0.2, 0.25) is 0 Å². The van der Waals surface area contributed by atoms with E-state index in [9.17, 15) is 4.79 Å². The maximum absolute atomic E-state index is 11.7. The van der Waals surface area contributed by atoms with E-state index in [1.165, 1.54) is 12.2 Å². The van der Waals surface area contributed by atoms with Crippen LogP contribution in [0.5, 0.6) is 0 Å². The molecular weight excluding hydrogens is 246 g/mol. The normalized spacial score (nSPS) is 18.9. The van der Waals surface area contributed by atoms with Gasteiger partial charge in [0.05, 0.1) is 11.7 Å². The molecule has 0 amide bonds. The lowest BCUT2D eigenvalue weighted by Crippen LogP contribution is -2.18. The van der Waals surface area contributed by atoms with Crippen LogP contribution in [0.1, 0.15) is 30.6 Å². The average molecular weight is 265 g/mol. The monoisotopic (exact) mass is 265 g/mol. The molecule has 18 heavy (non-hydrogen) atoms. The molecule has 0 radical (unpaired) electrons. The molecule has 2 rings (SSSR count). The summed E-state index contributed by atoms with van der Waals surface area (Å²) in [5.74, 6) is 2.14. The van der Waals surface area contributed by atoms with Crippen molar-refractivity contribution in [3.63, 3.8) is 0 Å². The summed E-state index contributed by atoms with van der Waals surface area (Å²) in [5, 5.41) is 3.47. The predicted molar refractivity (Wildman–Crippen MR) is 76.3 cm³/mol. The zero-order chi connectivity index (χ0) is 13.0. The fraction of sp³-hybridized carbons (Fsp3) is 0.500. The highest BCUT2D eigenvalue weighted by atomic mass is 32.2. The Kier molecular flexibility index (Phi) is 4.53. The van der Waals surface area contributed by atoms with Crippen LogP contribution in [0.15, 0.2) is 24.3 Å². The fourth-order valence-corrected chi connectivity index (χ4v) is 3.02. The largest absolute Gasteiger partial charge is 0.459 e. The number of nitrogens with one attached hydrogen (secondary N) is 1. The SMILES string of the molecule is CC(C)OC(=O)c1ccc(NC2CCSC2)cc1. The zero-order valence-electron chi connectivity index (χ0n) is 10.8. The lowest BCUT2D eigenvalue weighted by molar-refractivity contribution is 0.0378. The molecule has 3 nitrogen and oxygen atoms in total. The molecule has 4 heteroatoms. The molecular formula is C14H19NO2S. The van der Waals surface area contributed by atoms with Crippen molar-refractivity contribution < 1.29 is 9.53 Å². The minimum atomic E-state index is -0.257. The second-order valence-corrected chi connectivity index (χ2v) is 5.89. The highest BCUT2D eigenvalue weighted by Crippen LogP contribution is 2.21. The Morgan fingerprint density at radius 2 is 2.11 bits per heavy atom. The molecule has 0 aromatic heterocycles. The summed E-state index contributed by atoms with van der Waals surface area (Å²) in [6.07, 6.45) is 1.13. The number of thioether (sulfide) groups is 1. The van der Waals surface area contributed by atoms with Gasteiger partial charge in [-0.25, -0.2) is 4.79 Å². The van der Waals surface area contributed by atoms with Crippen LogP contribution in [-0.4, -0.2) is 29.6 Å². The van der Waals surface area contributed by atoms with Crippen molar-refractivity contribution in [1.29, 1.82) is 0 Å². The maximum atomic E-state index is 11.7. The molecule has 1 aromatic carbocycles. The molecule has 98 valence electrons. The van der Waals surface area contributed by atoms with E-state index in [0.717, 1.165) is 11.4 Å². The first-order chi connectivity index (χ1) is 8.65. The zero-order valence-corrected chi connectivity index (χ0v) is 11.6. The molecule has 1 fully saturated rings. The molecule has 1 atom stereocenters. The number of hydrogen-bond donors (Lipinski definition) is 1. The van der Waals surface area contributed by atoms with Crippen LogP contribution in [0, 0.1) is 0 Å². The maximum Gasteiger partial charge on any atom is 0.338 e. The van der Waals surface area contributed by atoms with E-state index in [1.807, 2.05) is 49.9 Å².